The summed E-state index contributed by atoms with van der Waals surface area (Å²) in [5.74, 6) is 0.888. The van der Waals surface area contributed by atoms with Crippen molar-refractivity contribution in [2.75, 3.05) is 24.7 Å². The number of aliphatic hydroxyl groups is 1. The number of rotatable bonds is 4. The van der Waals surface area contributed by atoms with Crippen LogP contribution in [0, 0.1) is 5.41 Å². The minimum Gasteiger partial charge on any atom is -0.388 e. The summed E-state index contributed by atoms with van der Waals surface area (Å²) >= 11 is 1.52. The van der Waals surface area contributed by atoms with Gasteiger partial charge in [-0.05, 0) is 31.1 Å². The topological polar surface area (TPSA) is 69.6 Å². The molecule has 0 aromatic rings. The van der Waals surface area contributed by atoms with Gasteiger partial charge in [0.05, 0.1) is 17.2 Å². The summed E-state index contributed by atoms with van der Waals surface area (Å²) in [5.41, 5.74) is -0.496. The van der Waals surface area contributed by atoms with Crippen LogP contribution in [0.1, 0.15) is 39.5 Å². The monoisotopic (exact) mass is 300 g/mol. The lowest BCUT2D eigenvalue weighted by molar-refractivity contribution is -0.133. The molecule has 1 saturated heterocycles. The van der Waals surface area contributed by atoms with E-state index in [1.165, 1.54) is 11.8 Å². The van der Waals surface area contributed by atoms with Crippen LogP contribution in [0.2, 0.25) is 0 Å². The number of nitrogens with one attached hydrogen (secondary N) is 1. The third-order valence-corrected chi connectivity index (χ3v) is 5.25. The Labute approximate surface area is 124 Å². The molecule has 1 aliphatic heterocycles. The predicted octanol–water partition coefficient (Wildman–Crippen LogP) is 0.967. The van der Waals surface area contributed by atoms with Gasteiger partial charge in [-0.25, -0.2) is 0 Å². The van der Waals surface area contributed by atoms with Crippen molar-refractivity contribution in [1.82, 2.24) is 10.2 Å². The van der Waals surface area contributed by atoms with Gasteiger partial charge in [0.25, 0.3) is 0 Å². The highest BCUT2D eigenvalue weighted by molar-refractivity contribution is 8.00. The number of carbonyl (C=O) groups excluding carboxylic acids is 2. The number of hydrogen-bond donors (Lipinski definition) is 2. The first-order valence-electron chi connectivity index (χ1n) is 7.14. The minimum absolute atomic E-state index is 0.0169. The first-order valence-corrected chi connectivity index (χ1v) is 8.30. The smallest absolute Gasteiger partial charge is 0.239 e. The quantitative estimate of drug-likeness (QED) is 0.811. The largest absolute Gasteiger partial charge is 0.388 e. The van der Waals surface area contributed by atoms with E-state index in [1.807, 2.05) is 0 Å². The number of hydrogen-bond acceptors (Lipinski definition) is 4. The number of carbonyl (C=O) groups is 2. The fraction of sp³-hybridized carbons (Fsp3) is 0.857. The Kier molecular flexibility index (Phi) is 4.64. The summed E-state index contributed by atoms with van der Waals surface area (Å²) in [7, 11) is 0. The SMILES string of the molecule is CC1(C)CCC(O)(CNC(=O)CN2CSCC2=O)CC1. The van der Waals surface area contributed by atoms with Crippen LogP contribution in [0.4, 0.5) is 0 Å². The molecule has 2 N–H and O–H groups in total. The van der Waals surface area contributed by atoms with Gasteiger partial charge in [0.2, 0.25) is 11.8 Å². The summed E-state index contributed by atoms with van der Waals surface area (Å²) in [6, 6.07) is 0. The molecule has 1 aliphatic carbocycles. The van der Waals surface area contributed by atoms with E-state index in [1.54, 1.807) is 4.90 Å². The Morgan fingerprint density at radius 2 is 2.00 bits per heavy atom. The average molecular weight is 300 g/mol. The first kappa shape index (κ1) is 15.6. The highest BCUT2D eigenvalue weighted by atomic mass is 32.2. The second kappa shape index (κ2) is 5.93. The summed E-state index contributed by atoms with van der Waals surface area (Å²) in [6.45, 7) is 4.81. The highest BCUT2D eigenvalue weighted by Gasteiger charge is 2.36. The van der Waals surface area contributed by atoms with Gasteiger partial charge < -0.3 is 15.3 Å². The van der Waals surface area contributed by atoms with Crippen molar-refractivity contribution in [3.63, 3.8) is 0 Å². The zero-order chi connectivity index (χ0) is 14.8. The molecule has 114 valence electrons. The first-order chi connectivity index (χ1) is 9.30. The molecule has 1 heterocycles. The normalized spacial score (nSPS) is 24.8. The van der Waals surface area contributed by atoms with E-state index in [-0.39, 0.29) is 30.3 Å². The van der Waals surface area contributed by atoms with Crippen molar-refractivity contribution in [3.8, 4) is 0 Å². The number of amides is 2. The third-order valence-electron chi connectivity index (χ3n) is 4.31. The van der Waals surface area contributed by atoms with Gasteiger partial charge in [0, 0.05) is 6.54 Å². The van der Waals surface area contributed by atoms with Gasteiger partial charge in [0.15, 0.2) is 0 Å². The van der Waals surface area contributed by atoms with Crippen molar-refractivity contribution < 1.29 is 14.7 Å². The van der Waals surface area contributed by atoms with E-state index in [0.29, 0.717) is 11.6 Å². The minimum atomic E-state index is -0.783. The molecule has 0 spiro atoms. The van der Waals surface area contributed by atoms with E-state index in [2.05, 4.69) is 19.2 Å². The van der Waals surface area contributed by atoms with Crippen LogP contribution in [0.5, 0.6) is 0 Å². The van der Waals surface area contributed by atoms with Crippen LogP contribution in [0.15, 0.2) is 0 Å². The second-order valence-corrected chi connectivity index (χ2v) is 7.69. The summed E-state index contributed by atoms with van der Waals surface area (Å²) in [4.78, 5) is 24.8. The molecule has 5 nitrogen and oxygen atoms in total. The van der Waals surface area contributed by atoms with Crippen molar-refractivity contribution in [2.24, 2.45) is 5.41 Å². The van der Waals surface area contributed by atoms with Gasteiger partial charge in [0.1, 0.15) is 6.54 Å². The Morgan fingerprint density at radius 3 is 2.55 bits per heavy atom. The van der Waals surface area contributed by atoms with Gasteiger partial charge in [-0.2, -0.15) is 0 Å². The molecule has 2 aliphatic rings. The molecule has 0 aromatic heterocycles. The number of thioether (sulfide) groups is 1. The van der Waals surface area contributed by atoms with Crippen LogP contribution in [-0.4, -0.2) is 52.1 Å². The lowest BCUT2D eigenvalue weighted by atomic mass is 9.71. The Bertz CT molecular complexity index is 388. The van der Waals surface area contributed by atoms with E-state index in [9.17, 15) is 14.7 Å². The van der Waals surface area contributed by atoms with Gasteiger partial charge in [-0.15, -0.1) is 11.8 Å². The van der Waals surface area contributed by atoms with E-state index in [0.717, 1.165) is 25.7 Å². The molecule has 2 fully saturated rings. The third kappa shape index (κ3) is 4.12. The number of nitrogens with zero attached hydrogens (tertiary/aromatic N) is 1. The molecule has 2 amide bonds. The van der Waals surface area contributed by atoms with Gasteiger partial charge in [-0.3, -0.25) is 9.59 Å². The molecule has 0 aromatic carbocycles. The lowest BCUT2D eigenvalue weighted by Crippen LogP contribution is -2.48. The van der Waals surface area contributed by atoms with E-state index < -0.39 is 5.60 Å². The molecule has 0 bridgehead atoms. The lowest BCUT2D eigenvalue weighted by Gasteiger charge is -2.40. The molecular weight excluding hydrogens is 276 g/mol. The molecule has 2 rings (SSSR count). The predicted molar refractivity (Wildman–Crippen MR) is 79.2 cm³/mol. The van der Waals surface area contributed by atoms with Crippen LogP contribution in [-0.2, 0) is 9.59 Å². The molecule has 6 heteroatoms. The van der Waals surface area contributed by atoms with Crippen LogP contribution in [0.25, 0.3) is 0 Å². The summed E-state index contributed by atoms with van der Waals surface area (Å²) < 4.78 is 0. The van der Waals surface area contributed by atoms with Crippen LogP contribution >= 0.6 is 11.8 Å². The Morgan fingerprint density at radius 1 is 1.35 bits per heavy atom. The molecule has 0 radical (unpaired) electrons. The van der Waals surface area contributed by atoms with Crippen molar-refractivity contribution in [1.29, 1.82) is 0 Å². The average Bonchev–Trinajstić information content (AvgIpc) is 2.77. The standard InChI is InChI=1S/C14H24N2O3S/c1-13(2)3-5-14(19,6-4-13)9-15-11(17)7-16-10-20-8-12(16)18/h19H,3-10H2,1-2H3,(H,15,17). The van der Waals surface area contributed by atoms with Gasteiger partial charge in [-0.1, -0.05) is 13.8 Å². The van der Waals surface area contributed by atoms with E-state index in [4.69, 9.17) is 0 Å². The molecular formula is C14H24N2O3S. The maximum Gasteiger partial charge on any atom is 0.239 e. The Balaban J connectivity index is 1.74. The van der Waals surface area contributed by atoms with Crippen LogP contribution < -0.4 is 5.32 Å². The fourth-order valence-electron chi connectivity index (χ4n) is 2.60. The fourth-order valence-corrected chi connectivity index (χ4v) is 3.51. The van der Waals surface area contributed by atoms with E-state index >= 15 is 0 Å². The maximum atomic E-state index is 11.8. The highest BCUT2D eigenvalue weighted by Crippen LogP contribution is 2.39. The van der Waals surface area contributed by atoms with Crippen molar-refractivity contribution in [2.45, 2.75) is 45.1 Å². The summed E-state index contributed by atoms with van der Waals surface area (Å²) in [5, 5.41) is 13.2. The molecule has 0 atom stereocenters. The van der Waals surface area contributed by atoms with Crippen molar-refractivity contribution >= 4 is 23.6 Å². The molecule has 0 unspecified atom stereocenters. The Hall–Kier alpha value is -0.750. The van der Waals surface area contributed by atoms with Crippen molar-refractivity contribution in [3.05, 3.63) is 0 Å². The molecule has 1 saturated carbocycles. The van der Waals surface area contributed by atoms with Gasteiger partial charge >= 0.3 is 0 Å². The van der Waals surface area contributed by atoms with Crippen LogP contribution in [0.3, 0.4) is 0 Å². The zero-order valence-electron chi connectivity index (χ0n) is 12.3. The zero-order valence-corrected chi connectivity index (χ0v) is 13.1. The maximum absolute atomic E-state index is 11.8. The summed E-state index contributed by atoms with van der Waals surface area (Å²) in [6.07, 6.45) is 3.39. The second-order valence-electron chi connectivity index (χ2n) is 6.73. The molecule has 20 heavy (non-hydrogen) atoms.